The van der Waals surface area contributed by atoms with Crippen molar-refractivity contribution in [2.75, 3.05) is 39.3 Å². The van der Waals surface area contributed by atoms with Crippen LogP contribution in [0, 0.1) is 5.41 Å². The van der Waals surface area contributed by atoms with Gasteiger partial charge in [0.1, 0.15) is 0 Å². The highest BCUT2D eigenvalue weighted by molar-refractivity contribution is 6.09. The van der Waals surface area contributed by atoms with Gasteiger partial charge in [-0.2, -0.15) is 0 Å². The van der Waals surface area contributed by atoms with E-state index in [0.717, 1.165) is 13.1 Å². The number of amides is 1. The first-order chi connectivity index (χ1) is 11.3. The summed E-state index contributed by atoms with van der Waals surface area (Å²) in [5.74, 6) is -0.273. The number of hydrogen-bond donors (Lipinski definition) is 3. The predicted octanol–water partition coefficient (Wildman–Crippen LogP) is 0.865. The van der Waals surface area contributed by atoms with Gasteiger partial charge in [0.15, 0.2) is 5.78 Å². The zero-order valence-electron chi connectivity index (χ0n) is 15.0. The highest BCUT2D eigenvalue weighted by atomic mass is 16.2. The van der Waals surface area contributed by atoms with Crippen molar-refractivity contribution in [2.24, 2.45) is 16.9 Å². The Labute approximate surface area is 144 Å². The van der Waals surface area contributed by atoms with Crippen LogP contribution in [0.3, 0.4) is 0 Å². The summed E-state index contributed by atoms with van der Waals surface area (Å²) in [5, 5.41) is 2.88. The fourth-order valence-electron chi connectivity index (χ4n) is 2.41. The maximum Gasteiger partial charge on any atom is 0.252 e. The molecule has 0 unspecified atom stereocenters. The molecule has 1 amide bonds. The van der Waals surface area contributed by atoms with Gasteiger partial charge in [0.05, 0.1) is 5.56 Å². The van der Waals surface area contributed by atoms with Crippen LogP contribution in [0.25, 0.3) is 0 Å². The molecule has 6 nitrogen and oxygen atoms in total. The van der Waals surface area contributed by atoms with Crippen molar-refractivity contribution in [1.29, 1.82) is 0 Å². The number of rotatable bonds is 9. The van der Waals surface area contributed by atoms with Gasteiger partial charge in [0.25, 0.3) is 5.91 Å². The molecule has 0 aliphatic carbocycles. The quantitative estimate of drug-likeness (QED) is 0.582. The molecule has 5 N–H and O–H groups in total. The lowest BCUT2D eigenvalue weighted by atomic mass is 9.84. The topological polar surface area (TPSA) is 101 Å². The molecule has 6 heteroatoms. The van der Waals surface area contributed by atoms with Crippen molar-refractivity contribution in [2.45, 2.75) is 20.8 Å². The van der Waals surface area contributed by atoms with Crippen molar-refractivity contribution >= 4 is 11.7 Å². The smallest absolute Gasteiger partial charge is 0.252 e. The molecule has 0 saturated heterocycles. The van der Waals surface area contributed by atoms with Gasteiger partial charge >= 0.3 is 0 Å². The molecular formula is C18H30N4O2. The fraction of sp³-hybridized carbons (Fsp3) is 0.556. The summed E-state index contributed by atoms with van der Waals surface area (Å²) in [4.78, 5) is 27.1. The third kappa shape index (κ3) is 6.03. The molecule has 0 heterocycles. The highest BCUT2D eigenvalue weighted by Crippen LogP contribution is 2.23. The number of carbonyl (C=O) groups is 2. The van der Waals surface area contributed by atoms with Gasteiger partial charge in [0, 0.05) is 50.2 Å². The Balaban J connectivity index is 2.74. The minimum absolute atomic E-state index is 0.0406. The van der Waals surface area contributed by atoms with Gasteiger partial charge in [-0.05, 0) is 6.07 Å². The van der Waals surface area contributed by atoms with E-state index in [1.807, 2.05) is 20.8 Å². The van der Waals surface area contributed by atoms with E-state index in [9.17, 15) is 9.59 Å². The van der Waals surface area contributed by atoms with E-state index >= 15 is 0 Å². The van der Waals surface area contributed by atoms with Crippen molar-refractivity contribution in [3.8, 4) is 0 Å². The second kappa shape index (κ2) is 9.52. The number of ketones is 1. The Morgan fingerprint density at radius 3 is 2.04 bits per heavy atom. The Morgan fingerprint density at radius 2 is 1.54 bits per heavy atom. The second-order valence-electron chi connectivity index (χ2n) is 6.80. The van der Waals surface area contributed by atoms with Gasteiger partial charge in [-0.25, -0.2) is 0 Å². The first kappa shape index (κ1) is 20.3. The van der Waals surface area contributed by atoms with Crippen LogP contribution in [0.2, 0.25) is 0 Å². The third-order valence-corrected chi connectivity index (χ3v) is 3.70. The summed E-state index contributed by atoms with van der Waals surface area (Å²) in [6, 6.07) is 6.94. The van der Waals surface area contributed by atoms with Gasteiger partial charge in [-0.3, -0.25) is 14.5 Å². The van der Waals surface area contributed by atoms with E-state index < -0.39 is 5.41 Å². The molecule has 134 valence electrons. The Hall–Kier alpha value is -1.76. The molecule has 24 heavy (non-hydrogen) atoms. The average Bonchev–Trinajstić information content (AvgIpc) is 2.53. The SMILES string of the molecule is CC(C)(C)C(=O)c1ccccc1C(=O)NCCN(CCN)CCN. The molecule has 0 aliphatic rings. The number of benzene rings is 1. The summed E-state index contributed by atoms with van der Waals surface area (Å²) >= 11 is 0. The zero-order valence-corrected chi connectivity index (χ0v) is 15.0. The van der Waals surface area contributed by atoms with Crippen LogP contribution >= 0.6 is 0 Å². The molecule has 0 saturated carbocycles. The maximum absolute atomic E-state index is 12.5. The maximum atomic E-state index is 12.5. The second-order valence-corrected chi connectivity index (χ2v) is 6.80. The van der Waals surface area contributed by atoms with E-state index in [1.165, 1.54) is 0 Å². The monoisotopic (exact) mass is 334 g/mol. The largest absolute Gasteiger partial charge is 0.351 e. The molecule has 1 aromatic carbocycles. The summed E-state index contributed by atoms with van der Waals surface area (Å²) < 4.78 is 0. The lowest BCUT2D eigenvalue weighted by molar-refractivity contribution is 0.0846. The highest BCUT2D eigenvalue weighted by Gasteiger charge is 2.26. The number of Topliss-reactive ketones (excluding diaryl/α,β-unsaturated/α-hetero) is 1. The molecule has 0 aliphatic heterocycles. The van der Waals surface area contributed by atoms with Crippen LogP contribution in [-0.2, 0) is 0 Å². The Kier molecular flexibility index (Phi) is 8.04. The molecule has 0 bridgehead atoms. The van der Waals surface area contributed by atoms with Gasteiger partial charge < -0.3 is 16.8 Å². The summed E-state index contributed by atoms with van der Waals surface area (Å²) in [6.07, 6.45) is 0. The number of nitrogens with one attached hydrogen (secondary N) is 1. The third-order valence-electron chi connectivity index (χ3n) is 3.70. The molecular weight excluding hydrogens is 304 g/mol. The van der Waals surface area contributed by atoms with Gasteiger partial charge in [0.2, 0.25) is 0 Å². The van der Waals surface area contributed by atoms with Crippen molar-refractivity contribution in [3.63, 3.8) is 0 Å². The molecule has 0 radical (unpaired) electrons. The molecule has 1 rings (SSSR count). The number of nitrogens with two attached hydrogens (primary N) is 2. The van der Waals surface area contributed by atoms with Crippen LogP contribution in [0.15, 0.2) is 24.3 Å². The lowest BCUT2D eigenvalue weighted by Gasteiger charge is -2.21. The molecule has 0 spiro atoms. The number of hydrogen-bond acceptors (Lipinski definition) is 5. The van der Waals surface area contributed by atoms with E-state index in [-0.39, 0.29) is 11.7 Å². The molecule has 0 aromatic heterocycles. The Bertz CT molecular complexity index is 546. The Morgan fingerprint density at radius 1 is 1.00 bits per heavy atom. The van der Waals surface area contributed by atoms with Crippen molar-refractivity contribution in [1.82, 2.24) is 10.2 Å². The predicted molar refractivity (Wildman–Crippen MR) is 97.1 cm³/mol. The summed E-state index contributed by atoms with van der Waals surface area (Å²) in [6.45, 7) is 9.29. The van der Waals surface area contributed by atoms with Crippen molar-refractivity contribution < 1.29 is 9.59 Å². The van der Waals surface area contributed by atoms with Crippen LogP contribution < -0.4 is 16.8 Å². The van der Waals surface area contributed by atoms with E-state index in [4.69, 9.17) is 11.5 Å². The van der Waals surface area contributed by atoms with Gasteiger partial charge in [-0.1, -0.05) is 39.0 Å². The van der Waals surface area contributed by atoms with Crippen LogP contribution in [-0.4, -0.2) is 55.9 Å². The van der Waals surface area contributed by atoms with Crippen LogP contribution in [0.5, 0.6) is 0 Å². The first-order valence-corrected chi connectivity index (χ1v) is 8.35. The molecule has 1 aromatic rings. The summed E-state index contributed by atoms with van der Waals surface area (Å²) in [7, 11) is 0. The van der Waals surface area contributed by atoms with Crippen molar-refractivity contribution in [3.05, 3.63) is 35.4 Å². The standard InChI is InChI=1S/C18H30N4O2/c1-18(2,3)16(23)14-6-4-5-7-15(14)17(24)21-10-13-22(11-8-19)12-9-20/h4-7H,8-13,19-20H2,1-3H3,(H,21,24). The molecule has 0 atom stereocenters. The van der Waals surface area contributed by atoms with Crippen LogP contribution in [0.1, 0.15) is 41.5 Å². The van der Waals surface area contributed by atoms with E-state index in [1.54, 1.807) is 24.3 Å². The molecule has 0 fully saturated rings. The average molecular weight is 334 g/mol. The lowest BCUT2D eigenvalue weighted by Crippen LogP contribution is -2.40. The van der Waals surface area contributed by atoms with E-state index in [2.05, 4.69) is 10.2 Å². The minimum Gasteiger partial charge on any atom is -0.351 e. The van der Waals surface area contributed by atoms with Gasteiger partial charge in [-0.15, -0.1) is 0 Å². The zero-order chi connectivity index (χ0) is 18.2. The minimum atomic E-state index is -0.532. The number of nitrogens with zero attached hydrogens (tertiary/aromatic N) is 1. The summed E-state index contributed by atoms with van der Waals surface area (Å²) in [5.41, 5.74) is 11.5. The van der Waals surface area contributed by atoms with Crippen LogP contribution in [0.4, 0.5) is 0 Å². The first-order valence-electron chi connectivity index (χ1n) is 8.35. The fourth-order valence-corrected chi connectivity index (χ4v) is 2.41. The normalized spacial score (nSPS) is 11.6. The van der Waals surface area contributed by atoms with E-state index in [0.29, 0.717) is 37.3 Å². The number of carbonyl (C=O) groups excluding carboxylic acids is 2.